The van der Waals surface area contributed by atoms with Gasteiger partial charge in [-0.15, -0.1) is 0 Å². The number of hydrogen-bond acceptors (Lipinski definition) is 3. The molecule has 4 heteroatoms. The van der Waals surface area contributed by atoms with Crippen molar-refractivity contribution in [3.63, 3.8) is 0 Å². The Morgan fingerprint density at radius 2 is 1.78 bits per heavy atom. The molecule has 2 rings (SSSR count). The number of fused-ring (bicyclic) bond motifs is 1. The number of benzene rings is 2. The van der Waals surface area contributed by atoms with E-state index in [0.717, 1.165) is 22.1 Å². The SMILES string of the molecule is CCC(CC)(CNCc1cc2ccccc2cc1OC)C(=O)O. The van der Waals surface area contributed by atoms with Crippen molar-refractivity contribution >= 4 is 16.7 Å². The average molecular weight is 315 g/mol. The van der Waals surface area contributed by atoms with Gasteiger partial charge in [-0.1, -0.05) is 38.1 Å². The van der Waals surface area contributed by atoms with Crippen molar-refractivity contribution in [1.82, 2.24) is 5.32 Å². The fourth-order valence-electron chi connectivity index (χ4n) is 2.91. The number of carboxylic acids is 1. The first-order valence-corrected chi connectivity index (χ1v) is 8.06. The van der Waals surface area contributed by atoms with Gasteiger partial charge < -0.3 is 15.2 Å². The van der Waals surface area contributed by atoms with Gasteiger partial charge in [0.05, 0.1) is 12.5 Å². The van der Waals surface area contributed by atoms with Crippen LogP contribution in [-0.4, -0.2) is 24.7 Å². The molecule has 0 amide bonds. The Kier molecular flexibility index (Phi) is 5.61. The Labute approximate surface area is 137 Å². The summed E-state index contributed by atoms with van der Waals surface area (Å²) in [5, 5.41) is 15.1. The second-order valence-electron chi connectivity index (χ2n) is 5.91. The minimum absolute atomic E-state index is 0.450. The first-order valence-electron chi connectivity index (χ1n) is 8.06. The molecular formula is C19H25NO3. The van der Waals surface area contributed by atoms with Crippen LogP contribution in [0, 0.1) is 5.41 Å². The van der Waals surface area contributed by atoms with Crippen molar-refractivity contribution in [2.45, 2.75) is 33.2 Å². The summed E-state index contributed by atoms with van der Waals surface area (Å²) in [6.07, 6.45) is 1.22. The summed E-state index contributed by atoms with van der Waals surface area (Å²) in [5.74, 6) is 0.0885. The third kappa shape index (κ3) is 3.64. The Morgan fingerprint density at radius 1 is 1.17 bits per heavy atom. The van der Waals surface area contributed by atoms with Crippen molar-refractivity contribution in [2.24, 2.45) is 5.41 Å². The van der Waals surface area contributed by atoms with E-state index >= 15 is 0 Å². The Morgan fingerprint density at radius 3 is 2.30 bits per heavy atom. The standard InChI is InChI=1S/C19H25NO3/c1-4-19(5-2,18(21)22)13-20-12-16-10-14-8-6-7-9-15(14)11-17(16)23-3/h6-11,20H,4-5,12-13H2,1-3H3,(H,21,22). The lowest BCUT2D eigenvalue weighted by Gasteiger charge is -2.27. The third-order valence-electron chi connectivity index (χ3n) is 4.73. The summed E-state index contributed by atoms with van der Waals surface area (Å²) in [6, 6.07) is 12.3. The van der Waals surface area contributed by atoms with Crippen molar-refractivity contribution < 1.29 is 14.6 Å². The van der Waals surface area contributed by atoms with Crippen LogP contribution >= 0.6 is 0 Å². The zero-order valence-electron chi connectivity index (χ0n) is 14.1. The van der Waals surface area contributed by atoms with E-state index in [2.05, 4.69) is 23.5 Å². The van der Waals surface area contributed by atoms with Gasteiger partial charge in [0, 0.05) is 18.7 Å². The highest BCUT2D eigenvalue weighted by molar-refractivity contribution is 5.85. The molecule has 0 heterocycles. The summed E-state index contributed by atoms with van der Waals surface area (Å²) in [5.41, 5.74) is 0.335. The quantitative estimate of drug-likeness (QED) is 0.777. The molecule has 0 spiro atoms. The van der Waals surface area contributed by atoms with Crippen LogP contribution in [0.1, 0.15) is 32.3 Å². The zero-order chi connectivity index (χ0) is 16.9. The molecule has 23 heavy (non-hydrogen) atoms. The molecule has 0 unspecified atom stereocenters. The van der Waals surface area contributed by atoms with Crippen LogP contribution in [0.25, 0.3) is 10.8 Å². The van der Waals surface area contributed by atoms with Crippen LogP contribution in [0.15, 0.2) is 36.4 Å². The van der Waals surface area contributed by atoms with E-state index in [1.54, 1.807) is 7.11 Å². The van der Waals surface area contributed by atoms with E-state index in [-0.39, 0.29) is 0 Å². The lowest BCUT2D eigenvalue weighted by Crippen LogP contribution is -2.40. The first kappa shape index (κ1) is 17.3. The Hall–Kier alpha value is -2.07. The Balaban J connectivity index is 2.16. The van der Waals surface area contributed by atoms with Crippen LogP contribution in [0.4, 0.5) is 0 Å². The monoisotopic (exact) mass is 315 g/mol. The van der Waals surface area contributed by atoms with Gasteiger partial charge in [0.1, 0.15) is 5.75 Å². The molecule has 0 aliphatic carbocycles. The summed E-state index contributed by atoms with van der Waals surface area (Å²) >= 11 is 0. The molecule has 0 aromatic heterocycles. The fraction of sp³-hybridized carbons (Fsp3) is 0.421. The molecule has 0 aliphatic heterocycles. The number of nitrogens with one attached hydrogen (secondary N) is 1. The van der Waals surface area contributed by atoms with Crippen molar-refractivity contribution in [3.8, 4) is 5.75 Å². The van der Waals surface area contributed by atoms with Gasteiger partial charge in [-0.05, 0) is 35.7 Å². The molecule has 4 nitrogen and oxygen atoms in total. The van der Waals surface area contributed by atoms with Crippen LogP contribution in [0.3, 0.4) is 0 Å². The molecule has 0 atom stereocenters. The zero-order valence-corrected chi connectivity index (χ0v) is 14.1. The van der Waals surface area contributed by atoms with Crippen LogP contribution in [0.2, 0.25) is 0 Å². The van der Waals surface area contributed by atoms with Crippen LogP contribution in [-0.2, 0) is 11.3 Å². The number of carbonyl (C=O) groups is 1. The highest BCUT2D eigenvalue weighted by Gasteiger charge is 2.34. The number of ether oxygens (including phenoxy) is 1. The van der Waals surface area contributed by atoms with Crippen molar-refractivity contribution in [1.29, 1.82) is 0 Å². The molecule has 124 valence electrons. The van der Waals surface area contributed by atoms with Gasteiger partial charge in [-0.3, -0.25) is 4.79 Å². The molecule has 0 aliphatic rings. The maximum absolute atomic E-state index is 11.6. The summed E-state index contributed by atoms with van der Waals surface area (Å²) in [7, 11) is 1.66. The molecule has 0 bridgehead atoms. The Bertz CT molecular complexity index is 677. The molecule has 2 aromatic rings. The maximum atomic E-state index is 11.6. The topological polar surface area (TPSA) is 58.6 Å². The molecular weight excluding hydrogens is 290 g/mol. The normalized spacial score (nSPS) is 11.6. The first-order chi connectivity index (χ1) is 11.1. The van der Waals surface area contributed by atoms with E-state index in [1.807, 2.05) is 32.0 Å². The van der Waals surface area contributed by atoms with E-state index in [0.29, 0.717) is 25.9 Å². The molecule has 0 saturated heterocycles. The number of rotatable bonds is 8. The molecule has 0 fully saturated rings. The molecule has 2 aromatic carbocycles. The van der Waals surface area contributed by atoms with E-state index in [9.17, 15) is 9.90 Å². The second-order valence-corrected chi connectivity index (χ2v) is 5.91. The third-order valence-corrected chi connectivity index (χ3v) is 4.73. The molecule has 0 radical (unpaired) electrons. The van der Waals surface area contributed by atoms with E-state index in [1.165, 1.54) is 0 Å². The largest absolute Gasteiger partial charge is 0.496 e. The summed E-state index contributed by atoms with van der Waals surface area (Å²) < 4.78 is 5.48. The van der Waals surface area contributed by atoms with Gasteiger partial charge in [0.25, 0.3) is 0 Å². The number of aliphatic carboxylic acids is 1. The van der Waals surface area contributed by atoms with Gasteiger partial charge in [0.2, 0.25) is 0 Å². The highest BCUT2D eigenvalue weighted by atomic mass is 16.5. The summed E-state index contributed by atoms with van der Waals surface area (Å²) in [4.78, 5) is 11.6. The minimum Gasteiger partial charge on any atom is -0.496 e. The van der Waals surface area contributed by atoms with Crippen LogP contribution < -0.4 is 10.1 Å². The van der Waals surface area contributed by atoms with Gasteiger partial charge >= 0.3 is 5.97 Å². The smallest absolute Gasteiger partial charge is 0.310 e. The predicted octanol–water partition coefficient (Wildman–Crippen LogP) is 3.83. The van der Waals surface area contributed by atoms with E-state index in [4.69, 9.17) is 4.74 Å². The van der Waals surface area contributed by atoms with Crippen molar-refractivity contribution in [2.75, 3.05) is 13.7 Å². The fourth-order valence-corrected chi connectivity index (χ4v) is 2.91. The number of methoxy groups -OCH3 is 1. The highest BCUT2D eigenvalue weighted by Crippen LogP contribution is 2.28. The summed E-state index contributed by atoms with van der Waals surface area (Å²) in [6.45, 7) is 4.89. The van der Waals surface area contributed by atoms with Crippen LogP contribution in [0.5, 0.6) is 5.75 Å². The van der Waals surface area contributed by atoms with Gasteiger partial charge in [-0.25, -0.2) is 0 Å². The minimum atomic E-state index is -0.736. The average Bonchev–Trinajstić information content (AvgIpc) is 2.58. The number of carboxylic acid groups (broad SMARTS) is 1. The lowest BCUT2D eigenvalue weighted by atomic mass is 9.82. The lowest BCUT2D eigenvalue weighted by molar-refractivity contribution is -0.149. The second kappa shape index (κ2) is 7.47. The van der Waals surface area contributed by atoms with Crippen molar-refractivity contribution in [3.05, 3.63) is 42.0 Å². The molecule has 2 N–H and O–H groups in total. The van der Waals surface area contributed by atoms with Gasteiger partial charge in [-0.2, -0.15) is 0 Å². The van der Waals surface area contributed by atoms with Gasteiger partial charge in [0.15, 0.2) is 0 Å². The number of hydrogen-bond donors (Lipinski definition) is 2. The molecule has 0 saturated carbocycles. The maximum Gasteiger partial charge on any atom is 0.310 e. The van der Waals surface area contributed by atoms with E-state index < -0.39 is 11.4 Å². The predicted molar refractivity (Wildman–Crippen MR) is 92.9 cm³/mol.